The molecular weight excluding hydrogens is 380 g/mol. The number of rotatable bonds is 9. The van der Waals surface area contributed by atoms with E-state index in [1.165, 1.54) is 22.7 Å². The Bertz CT molecular complexity index is 873. The summed E-state index contributed by atoms with van der Waals surface area (Å²) in [6.07, 6.45) is 1.73. The summed E-state index contributed by atoms with van der Waals surface area (Å²) in [7, 11) is 1.63. The molecule has 0 spiro atoms. The van der Waals surface area contributed by atoms with Gasteiger partial charge in [0, 0.05) is 11.9 Å². The SMILES string of the molecule is C=CCN(Cc1csc(COc2ccc(OC)cc2)n1)C(=O)c1cccs1. The summed E-state index contributed by atoms with van der Waals surface area (Å²) >= 11 is 2.96. The second kappa shape index (κ2) is 9.34. The lowest BCUT2D eigenvalue weighted by molar-refractivity contribution is 0.0766. The van der Waals surface area contributed by atoms with E-state index in [1.807, 2.05) is 47.2 Å². The van der Waals surface area contributed by atoms with Crippen molar-refractivity contribution in [2.45, 2.75) is 13.2 Å². The van der Waals surface area contributed by atoms with Crippen LogP contribution in [0.25, 0.3) is 0 Å². The molecule has 0 N–H and O–H groups in total. The lowest BCUT2D eigenvalue weighted by Gasteiger charge is -2.19. The van der Waals surface area contributed by atoms with Crippen molar-refractivity contribution in [3.63, 3.8) is 0 Å². The number of thiazole rings is 1. The van der Waals surface area contributed by atoms with Crippen LogP contribution in [-0.4, -0.2) is 29.4 Å². The van der Waals surface area contributed by atoms with Crippen LogP contribution in [0.5, 0.6) is 11.5 Å². The van der Waals surface area contributed by atoms with E-state index in [4.69, 9.17) is 9.47 Å². The molecule has 0 saturated carbocycles. The molecule has 3 rings (SSSR count). The van der Waals surface area contributed by atoms with Gasteiger partial charge in [0.05, 0.1) is 24.2 Å². The average molecular weight is 401 g/mol. The lowest BCUT2D eigenvalue weighted by atomic mass is 10.3. The predicted octanol–water partition coefficient (Wildman–Crippen LogP) is 4.62. The molecule has 2 aromatic heterocycles. The lowest BCUT2D eigenvalue weighted by Crippen LogP contribution is -2.30. The number of methoxy groups -OCH3 is 1. The highest BCUT2D eigenvalue weighted by Crippen LogP contribution is 2.20. The first-order valence-corrected chi connectivity index (χ1v) is 10.1. The van der Waals surface area contributed by atoms with Gasteiger partial charge in [0.25, 0.3) is 5.91 Å². The summed E-state index contributed by atoms with van der Waals surface area (Å²) in [4.78, 5) is 19.6. The summed E-state index contributed by atoms with van der Waals surface area (Å²) in [5, 5.41) is 4.73. The van der Waals surface area contributed by atoms with Gasteiger partial charge in [-0.25, -0.2) is 4.98 Å². The second-order valence-electron chi connectivity index (χ2n) is 5.65. The first-order valence-electron chi connectivity index (χ1n) is 8.33. The molecule has 0 atom stereocenters. The van der Waals surface area contributed by atoms with Gasteiger partial charge in [-0.2, -0.15) is 0 Å². The van der Waals surface area contributed by atoms with Gasteiger partial charge in [0.2, 0.25) is 0 Å². The monoisotopic (exact) mass is 400 g/mol. The number of nitrogens with zero attached hydrogens (tertiary/aromatic N) is 2. The second-order valence-corrected chi connectivity index (χ2v) is 7.54. The number of benzene rings is 1. The minimum absolute atomic E-state index is 0.00562. The Hall–Kier alpha value is -2.64. The summed E-state index contributed by atoms with van der Waals surface area (Å²) in [5.41, 5.74) is 0.847. The maximum absolute atomic E-state index is 12.6. The molecule has 7 heteroatoms. The Morgan fingerprint density at radius 3 is 2.67 bits per heavy atom. The average Bonchev–Trinajstić information content (AvgIpc) is 3.38. The van der Waals surface area contributed by atoms with Crippen LogP contribution in [0.2, 0.25) is 0 Å². The highest BCUT2D eigenvalue weighted by Gasteiger charge is 2.17. The summed E-state index contributed by atoms with van der Waals surface area (Å²) in [6, 6.07) is 11.1. The fraction of sp³-hybridized carbons (Fsp3) is 0.200. The van der Waals surface area contributed by atoms with E-state index in [0.717, 1.165) is 27.1 Å². The van der Waals surface area contributed by atoms with Crippen molar-refractivity contribution < 1.29 is 14.3 Å². The molecule has 140 valence electrons. The highest BCUT2D eigenvalue weighted by atomic mass is 32.1. The molecule has 3 aromatic rings. The van der Waals surface area contributed by atoms with Crippen LogP contribution in [0.4, 0.5) is 0 Å². The van der Waals surface area contributed by atoms with E-state index in [9.17, 15) is 4.79 Å². The molecule has 0 bridgehead atoms. The third-order valence-corrected chi connectivity index (χ3v) is 5.47. The first-order chi connectivity index (χ1) is 13.2. The Morgan fingerprint density at radius 2 is 2.00 bits per heavy atom. The Labute approximate surface area is 166 Å². The van der Waals surface area contributed by atoms with Crippen molar-refractivity contribution in [1.82, 2.24) is 9.88 Å². The largest absolute Gasteiger partial charge is 0.497 e. The van der Waals surface area contributed by atoms with Crippen LogP contribution in [-0.2, 0) is 13.2 Å². The van der Waals surface area contributed by atoms with E-state index in [1.54, 1.807) is 18.1 Å². The number of aromatic nitrogens is 1. The number of hydrogen-bond donors (Lipinski definition) is 0. The predicted molar refractivity (Wildman–Crippen MR) is 109 cm³/mol. The molecule has 27 heavy (non-hydrogen) atoms. The molecule has 0 aliphatic rings. The quantitative estimate of drug-likeness (QED) is 0.492. The zero-order valence-electron chi connectivity index (χ0n) is 15.0. The van der Waals surface area contributed by atoms with Crippen molar-refractivity contribution in [2.75, 3.05) is 13.7 Å². The van der Waals surface area contributed by atoms with Gasteiger partial charge in [0.15, 0.2) is 0 Å². The third-order valence-electron chi connectivity index (χ3n) is 3.74. The molecule has 0 aliphatic heterocycles. The number of carbonyl (C=O) groups is 1. The van der Waals surface area contributed by atoms with E-state index in [-0.39, 0.29) is 5.91 Å². The van der Waals surface area contributed by atoms with Crippen LogP contribution in [0.15, 0.2) is 59.8 Å². The van der Waals surface area contributed by atoms with Crippen LogP contribution in [0, 0.1) is 0 Å². The summed E-state index contributed by atoms with van der Waals surface area (Å²) < 4.78 is 10.9. The zero-order valence-corrected chi connectivity index (χ0v) is 16.6. The minimum atomic E-state index is -0.00562. The molecular formula is C20H20N2O3S2. The third kappa shape index (κ3) is 5.18. The normalized spacial score (nSPS) is 10.4. The van der Waals surface area contributed by atoms with Gasteiger partial charge in [-0.3, -0.25) is 4.79 Å². The standard InChI is InChI=1S/C20H20N2O3S2/c1-3-10-22(20(23)18-5-4-11-26-18)12-15-14-27-19(21-15)13-25-17-8-6-16(24-2)7-9-17/h3-9,11,14H,1,10,12-13H2,2H3. The Kier molecular flexibility index (Phi) is 6.62. The van der Waals surface area contributed by atoms with Crippen molar-refractivity contribution in [2.24, 2.45) is 0 Å². The maximum atomic E-state index is 12.6. The Morgan fingerprint density at radius 1 is 1.22 bits per heavy atom. The van der Waals surface area contributed by atoms with Gasteiger partial charge in [-0.05, 0) is 35.7 Å². The van der Waals surface area contributed by atoms with Crippen LogP contribution in [0.1, 0.15) is 20.4 Å². The maximum Gasteiger partial charge on any atom is 0.264 e. The van der Waals surface area contributed by atoms with Crippen LogP contribution < -0.4 is 9.47 Å². The van der Waals surface area contributed by atoms with Crippen LogP contribution >= 0.6 is 22.7 Å². The zero-order chi connectivity index (χ0) is 19.1. The topological polar surface area (TPSA) is 51.7 Å². The number of amides is 1. The Balaban J connectivity index is 1.59. The number of thiophene rings is 1. The molecule has 2 heterocycles. The summed E-state index contributed by atoms with van der Waals surface area (Å²) in [6.45, 7) is 5.06. The van der Waals surface area contributed by atoms with Crippen molar-refractivity contribution in [3.8, 4) is 11.5 Å². The van der Waals surface area contributed by atoms with E-state index in [0.29, 0.717) is 19.7 Å². The molecule has 0 aliphatic carbocycles. The van der Waals surface area contributed by atoms with Gasteiger partial charge >= 0.3 is 0 Å². The molecule has 0 fully saturated rings. The molecule has 0 unspecified atom stereocenters. The van der Waals surface area contributed by atoms with Crippen LogP contribution in [0.3, 0.4) is 0 Å². The van der Waals surface area contributed by atoms with E-state index in [2.05, 4.69) is 11.6 Å². The molecule has 0 saturated heterocycles. The number of carbonyl (C=O) groups excluding carboxylic acids is 1. The molecule has 0 radical (unpaired) electrons. The summed E-state index contributed by atoms with van der Waals surface area (Å²) in [5.74, 6) is 1.54. The number of hydrogen-bond acceptors (Lipinski definition) is 6. The first kappa shape index (κ1) is 19.1. The highest BCUT2D eigenvalue weighted by molar-refractivity contribution is 7.12. The van der Waals surface area contributed by atoms with Gasteiger partial charge < -0.3 is 14.4 Å². The van der Waals surface area contributed by atoms with Gasteiger partial charge in [-0.15, -0.1) is 29.3 Å². The molecule has 1 aromatic carbocycles. The minimum Gasteiger partial charge on any atom is -0.497 e. The van der Waals surface area contributed by atoms with Crippen molar-refractivity contribution in [1.29, 1.82) is 0 Å². The van der Waals surface area contributed by atoms with Gasteiger partial charge in [-0.1, -0.05) is 12.1 Å². The van der Waals surface area contributed by atoms with Crippen molar-refractivity contribution >= 4 is 28.6 Å². The fourth-order valence-corrected chi connectivity index (χ4v) is 3.82. The van der Waals surface area contributed by atoms with E-state index < -0.39 is 0 Å². The number of ether oxygens (including phenoxy) is 2. The smallest absolute Gasteiger partial charge is 0.264 e. The molecule has 1 amide bonds. The molecule has 5 nitrogen and oxygen atoms in total. The fourth-order valence-electron chi connectivity index (χ4n) is 2.43. The van der Waals surface area contributed by atoms with Crippen molar-refractivity contribution in [3.05, 3.63) is 75.4 Å². The van der Waals surface area contributed by atoms with Gasteiger partial charge in [0.1, 0.15) is 23.1 Å². The van der Waals surface area contributed by atoms with E-state index >= 15 is 0 Å².